The highest BCUT2D eigenvalue weighted by Gasteiger charge is 2.30. The van der Waals surface area contributed by atoms with Crippen LogP contribution in [0.2, 0.25) is 0 Å². The molecular weight excluding hydrogens is 390 g/mol. The molecule has 0 spiro atoms. The molecular formula is C21H27N3O2S2. The lowest BCUT2D eigenvalue weighted by Gasteiger charge is -2.31. The lowest BCUT2D eigenvalue weighted by molar-refractivity contribution is -0.131. The van der Waals surface area contributed by atoms with Crippen molar-refractivity contribution in [3.63, 3.8) is 0 Å². The molecule has 0 saturated carbocycles. The predicted molar refractivity (Wildman–Crippen MR) is 116 cm³/mol. The highest BCUT2D eigenvalue weighted by Crippen LogP contribution is 2.36. The molecule has 28 heavy (non-hydrogen) atoms. The van der Waals surface area contributed by atoms with Gasteiger partial charge in [0.1, 0.15) is 0 Å². The quantitative estimate of drug-likeness (QED) is 0.676. The van der Waals surface area contributed by atoms with E-state index in [-0.39, 0.29) is 42.0 Å². The summed E-state index contributed by atoms with van der Waals surface area (Å²) < 4.78 is 0. The Morgan fingerprint density at radius 3 is 2.36 bits per heavy atom. The Balaban J connectivity index is 2.25. The van der Waals surface area contributed by atoms with Gasteiger partial charge >= 0.3 is 0 Å². The molecule has 1 aromatic rings. The number of nitrogens with one attached hydrogen (secondary N) is 1. The van der Waals surface area contributed by atoms with E-state index in [2.05, 4.69) is 11.4 Å². The minimum Gasteiger partial charge on any atom is -0.337 e. The van der Waals surface area contributed by atoms with Crippen LogP contribution in [0.4, 0.5) is 0 Å². The molecule has 1 heterocycles. The van der Waals surface area contributed by atoms with Crippen LogP contribution in [0.15, 0.2) is 39.8 Å². The normalized spacial score (nSPS) is 16.9. The van der Waals surface area contributed by atoms with Crippen LogP contribution >= 0.6 is 23.5 Å². The molecule has 5 nitrogen and oxygen atoms in total. The van der Waals surface area contributed by atoms with Crippen molar-refractivity contribution in [3.8, 4) is 6.07 Å². The number of carbonyl (C=O) groups excluding carboxylic acids is 2. The molecule has 0 fully saturated rings. The van der Waals surface area contributed by atoms with Gasteiger partial charge in [-0.2, -0.15) is 5.26 Å². The summed E-state index contributed by atoms with van der Waals surface area (Å²) in [5.41, 5.74) is 1.47. The largest absolute Gasteiger partial charge is 0.337 e. The third-order valence-corrected chi connectivity index (χ3v) is 6.36. The standard InChI is InChI=1S/C21H27N3O2S2/c1-13(2)24(14(3)4)20(26)12-28-21-18(11-22)17(10-19(25)23-21)15-6-8-16(27-5)9-7-15/h6-9,13-14,17H,10,12H2,1-5H3,(H,23,25)/t17-/m1/s1. The number of amides is 2. The van der Waals surface area contributed by atoms with Crippen molar-refractivity contribution in [2.24, 2.45) is 0 Å². The summed E-state index contributed by atoms with van der Waals surface area (Å²) in [6.45, 7) is 7.94. The molecule has 1 aliphatic rings. The number of hydrogen-bond donors (Lipinski definition) is 1. The Morgan fingerprint density at radius 2 is 1.86 bits per heavy atom. The van der Waals surface area contributed by atoms with E-state index in [0.29, 0.717) is 10.6 Å². The lowest BCUT2D eigenvalue weighted by atomic mass is 9.87. The fraction of sp³-hybridized carbons (Fsp3) is 0.476. The lowest BCUT2D eigenvalue weighted by Crippen LogP contribution is -2.43. The summed E-state index contributed by atoms with van der Waals surface area (Å²) in [5.74, 6) is -0.216. The molecule has 1 aromatic carbocycles. The number of benzene rings is 1. The average molecular weight is 418 g/mol. The first-order valence-corrected chi connectivity index (χ1v) is 11.5. The zero-order chi connectivity index (χ0) is 20.8. The zero-order valence-corrected chi connectivity index (χ0v) is 18.6. The van der Waals surface area contributed by atoms with Gasteiger partial charge in [0.2, 0.25) is 11.8 Å². The molecule has 1 N–H and O–H groups in total. The topological polar surface area (TPSA) is 73.2 Å². The minimum absolute atomic E-state index is 0.000450. The van der Waals surface area contributed by atoms with Crippen LogP contribution < -0.4 is 5.32 Å². The van der Waals surface area contributed by atoms with Gasteiger partial charge in [0.05, 0.1) is 22.4 Å². The van der Waals surface area contributed by atoms with E-state index in [9.17, 15) is 14.9 Å². The first-order chi connectivity index (χ1) is 13.3. The second-order valence-electron chi connectivity index (χ2n) is 7.21. The maximum atomic E-state index is 12.7. The van der Waals surface area contributed by atoms with Crippen LogP contribution in [0.3, 0.4) is 0 Å². The van der Waals surface area contributed by atoms with Crippen molar-refractivity contribution in [1.29, 1.82) is 5.26 Å². The van der Waals surface area contributed by atoms with Gasteiger partial charge in [0.25, 0.3) is 0 Å². The van der Waals surface area contributed by atoms with Crippen LogP contribution in [-0.4, -0.2) is 40.8 Å². The second-order valence-corrected chi connectivity index (χ2v) is 9.08. The van der Waals surface area contributed by atoms with Crippen molar-refractivity contribution >= 4 is 35.3 Å². The fourth-order valence-electron chi connectivity index (χ4n) is 3.43. The number of nitriles is 1. The van der Waals surface area contributed by atoms with Gasteiger partial charge < -0.3 is 10.2 Å². The number of nitrogens with zero attached hydrogens (tertiary/aromatic N) is 2. The second kappa shape index (κ2) is 10.0. The van der Waals surface area contributed by atoms with E-state index >= 15 is 0 Å². The molecule has 0 saturated heterocycles. The van der Waals surface area contributed by atoms with Crippen LogP contribution in [0.25, 0.3) is 0 Å². The Hall–Kier alpha value is -1.91. The number of rotatable bonds is 7. The van der Waals surface area contributed by atoms with E-state index in [0.717, 1.165) is 10.5 Å². The predicted octanol–water partition coefficient (Wildman–Crippen LogP) is 4.13. The first kappa shape index (κ1) is 22.4. The fourth-order valence-corrected chi connectivity index (χ4v) is 4.79. The van der Waals surface area contributed by atoms with Crippen molar-refractivity contribution in [2.45, 2.75) is 57.0 Å². The minimum atomic E-state index is -0.279. The van der Waals surface area contributed by atoms with Gasteiger partial charge in [-0.1, -0.05) is 23.9 Å². The average Bonchev–Trinajstić information content (AvgIpc) is 2.65. The molecule has 0 radical (unpaired) electrons. The molecule has 0 aromatic heterocycles. The molecule has 1 aliphatic heterocycles. The summed E-state index contributed by atoms with van der Waals surface area (Å²) in [7, 11) is 0. The van der Waals surface area contributed by atoms with E-state index in [1.807, 2.05) is 63.1 Å². The van der Waals surface area contributed by atoms with E-state index < -0.39 is 0 Å². The van der Waals surface area contributed by atoms with E-state index in [1.165, 1.54) is 11.8 Å². The Kier molecular flexibility index (Phi) is 8.02. The maximum absolute atomic E-state index is 12.7. The van der Waals surface area contributed by atoms with Gasteiger partial charge in [-0.15, -0.1) is 11.8 Å². The summed E-state index contributed by atoms with van der Waals surface area (Å²) in [6.07, 6.45) is 2.25. The van der Waals surface area contributed by atoms with Crippen molar-refractivity contribution < 1.29 is 9.59 Å². The monoisotopic (exact) mass is 417 g/mol. The van der Waals surface area contributed by atoms with Crippen LogP contribution in [0.5, 0.6) is 0 Å². The Bertz CT molecular complexity index is 787. The SMILES string of the molecule is CSc1ccc([C@H]2CC(=O)NC(SCC(=O)N(C(C)C)C(C)C)=C2C#N)cc1. The Morgan fingerprint density at radius 1 is 1.25 bits per heavy atom. The number of thioether (sulfide) groups is 2. The highest BCUT2D eigenvalue weighted by molar-refractivity contribution is 8.03. The molecule has 2 rings (SSSR count). The van der Waals surface area contributed by atoms with Crippen molar-refractivity contribution in [2.75, 3.05) is 12.0 Å². The van der Waals surface area contributed by atoms with Gasteiger partial charge in [-0.25, -0.2) is 0 Å². The number of carbonyl (C=O) groups is 2. The van der Waals surface area contributed by atoms with Gasteiger partial charge in [0, 0.05) is 29.3 Å². The molecule has 0 aliphatic carbocycles. The van der Waals surface area contributed by atoms with Crippen LogP contribution in [-0.2, 0) is 9.59 Å². The van der Waals surface area contributed by atoms with Crippen LogP contribution in [0.1, 0.15) is 45.6 Å². The summed E-state index contributed by atoms with van der Waals surface area (Å²) in [6, 6.07) is 10.4. The molecule has 2 amide bonds. The van der Waals surface area contributed by atoms with Crippen molar-refractivity contribution in [1.82, 2.24) is 10.2 Å². The number of hydrogen-bond acceptors (Lipinski definition) is 5. The zero-order valence-electron chi connectivity index (χ0n) is 17.0. The molecule has 7 heteroatoms. The van der Waals surface area contributed by atoms with E-state index in [1.54, 1.807) is 11.8 Å². The summed E-state index contributed by atoms with van der Waals surface area (Å²) in [4.78, 5) is 27.9. The van der Waals surface area contributed by atoms with Crippen LogP contribution in [0, 0.1) is 11.3 Å². The van der Waals surface area contributed by atoms with Gasteiger partial charge in [0.15, 0.2) is 0 Å². The third-order valence-electron chi connectivity index (χ3n) is 4.61. The smallest absolute Gasteiger partial charge is 0.233 e. The van der Waals surface area contributed by atoms with Gasteiger partial charge in [-0.05, 0) is 51.6 Å². The van der Waals surface area contributed by atoms with E-state index in [4.69, 9.17) is 0 Å². The molecule has 150 valence electrons. The maximum Gasteiger partial charge on any atom is 0.233 e. The third kappa shape index (κ3) is 5.33. The summed E-state index contributed by atoms with van der Waals surface area (Å²) >= 11 is 2.89. The first-order valence-electron chi connectivity index (χ1n) is 9.30. The molecule has 0 unspecified atom stereocenters. The van der Waals surface area contributed by atoms with Crippen molar-refractivity contribution in [3.05, 3.63) is 40.4 Å². The number of allylic oxidation sites excluding steroid dienone is 1. The summed E-state index contributed by atoms with van der Waals surface area (Å²) in [5, 5.41) is 13.1. The molecule has 1 atom stereocenters. The Labute approximate surface area is 175 Å². The van der Waals surface area contributed by atoms with Gasteiger partial charge in [-0.3, -0.25) is 9.59 Å². The highest BCUT2D eigenvalue weighted by atomic mass is 32.2. The molecule has 0 bridgehead atoms.